The fourth-order valence-corrected chi connectivity index (χ4v) is 3.02. The van der Waals surface area contributed by atoms with Gasteiger partial charge in [0, 0.05) is 6.54 Å². The van der Waals surface area contributed by atoms with Crippen molar-refractivity contribution in [1.82, 2.24) is 10.6 Å². The standard InChI is InChI=1S/C14H25N3O/c1-3-10-15-13-16-12(18)14(17-13)8-5-6-11(4-2)7-9-14/h11H,3-10H2,1-2H3,(H2,15,16,17,18). The van der Waals surface area contributed by atoms with E-state index in [2.05, 4.69) is 29.5 Å². The summed E-state index contributed by atoms with van der Waals surface area (Å²) in [7, 11) is 0. The van der Waals surface area contributed by atoms with Gasteiger partial charge < -0.3 is 5.32 Å². The SMILES string of the molecule is CCCN=C1NC(=O)C2(CCCC(CC)CC2)N1. The van der Waals surface area contributed by atoms with Gasteiger partial charge in [-0.25, -0.2) is 0 Å². The largest absolute Gasteiger partial charge is 0.342 e. The molecule has 0 radical (unpaired) electrons. The summed E-state index contributed by atoms with van der Waals surface area (Å²) in [6.45, 7) is 5.11. The second-order valence-corrected chi connectivity index (χ2v) is 5.60. The molecule has 2 rings (SSSR count). The van der Waals surface area contributed by atoms with Gasteiger partial charge in [-0.05, 0) is 31.6 Å². The predicted molar refractivity (Wildman–Crippen MR) is 73.5 cm³/mol. The average Bonchev–Trinajstić information content (AvgIpc) is 2.56. The fraction of sp³-hybridized carbons (Fsp3) is 0.857. The number of carbonyl (C=O) groups is 1. The van der Waals surface area contributed by atoms with Crippen LogP contribution in [-0.4, -0.2) is 24.0 Å². The quantitative estimate of drug-likeness (QED) is 0.808. The van der Waals surface area contributed by atoms with Crippen molar-refractivity contribution in [2.45, 2.75) is 64.3 Å². The Hall–Kier alpha value is -1.06. The number of rotatable bonds is 3. The molecule has 2 unspecified atom stereocenters. The zero-order valence-electron chi connectivity index (χ0n) is 11.6. The van der Waals surface area contributed by atoms with Crippen LogP contribution in [0, 0.1) is 5.92 Å². The molecule has 2 fully saturated rings. The molecule has 4 nitrogen and oxygen atoms in total. The summed E-state index contributed by atoms with van der Waals surface area (Å²) in [5, 5.41) is 6.27. The highest BCUT2D eigenvalue weighted by Crippen LogP contribution is 2.33. The van der Waals surface area contributed by atoms with E-state index in [1.807, 2.05) is 0 Å². The third kappa shape index (κ3) is 2.68. The highest BCUT2D eigenvalue weighted by molar-refractivity contribution is 6.09. The third-order valence-electron chi connectivity index (χ3n) is 4.29. The molecule has 1 saturated heterocycles. The van der Waals surface area contributed by atoms with Crippen molar-refractivity contribution in [3.05, 3.63) is 0 Å². The van der Waals surface area contributed by atoms with E-state index in [1.165, 1.54) is 12.8 Å². The molecule has 1 amide bonds. The molecule has 0 aromatic heterocycles. The second-order valence-electron chi connectivity index (χ2n) is 5.60. The fourth-order valence-electron chi connectivity index (χ4n) is 3.02. The molecule has 2 aliphatic rings. The van der Waals surface area contributed by atoms with E-state index in [-0.39, 0.29) is 11.4 Å². The Labute approximate surface area is 110 Å². The Morgan fingerprint density at radius 1 is 1.33 bits per heavy atom. The molecule has 1 aliphatic heterocycles. The molecule has 2 N–H and O–H groups in total. The number of nitrogens with zero attached hydrogens (tertiary/aromatic N) is 1. The molecular formula is C14H25N3O. The van der Waals surface area contributed by atoms with Crippen LogP contribution in [0.4, 0.5) is 0 Å². The minimum Gasteiger partial charge on any atom is -0.342 e. The molecule has 1 saturated carbocycles. The number of aliphatic imine (C=N–C) groups is 1. The van der Waals surface area contributed by atoms with Crippen LogP contribution in [0.15, 0.2) is 4.99 Å². The first-order chi connectivity index (χ1) is 8.70. The number of hydrogen-bond donors (Lipinski definition) is 2. The number of amides is 1. The summed E-state index contributed by atoms with van der Waals surface area (Å²) in [5.74, 6) is 1.61. The summed E-state index contributed by atoms with van der Waals surface area (Å²) in [5.41, 5.74) is -0.365. The van der Waals surface area contributed by atoms with Crippen LogP contribution in [0.2, 0.25) is 0 Å². The van der Waals surface area contributed by atoms with Crippen LogP contribution >= 0.6 is 0 Å². The van der Waals surface area contributed by atoms with E-state index < -0.39 is 0 Å². The zero-order chi connectivity index (χ0) is 13.0. The lowest BCUT2D eigenvalue weighted by molar-refractivity contribution is -0.124. The first-order valence-electron chi connectivity index (χ1n) is 7.34. The predicted octanol–water partition coefficient (Wildman–Crippen LogP) is 2.20. The maximum absolute atomic E-state index is 12.2. The maximum Gasteiger partial charge on any atom is 0.252 e. The average molecular weight is 251 g/mol. The summed E-state index contributed by atoms with van der Waals surface area (Å²) in [4.78, 5) is 16.6. The normalized spacial score (nSPS) is 34.4. The van der Waals surface area contributed by atoms with Gasteiger partial charge in [0.1, 0.15) is 5.54 Å². The maximum atomic E-state index is 12.2. The van der Waals surface area contributed by atoms with Crippen molar-refractivity contribution in [2.75, 3.05) is 6.54 Å². The van der Waals surface area contributed by atoms with E-state index in [0.717, 1.165) is 44.6 Å². The summed E-state index contributed by atoms with van der Waals surface area (Å²) < 4.78 is 0. The van der Waals surface area contributed by atoms with Crippen LogP contribution in [0.3, 0.4) is 0 Å². The van der Waals surface area contributed by atoms with Gasteiger partial charge in [-0.1, -0.05) is 33.1 Å². The molecule has 0 bridgehead atoms. The molecule has 18 heavy (non-hydrogen) atoms. The van der Waals surface area contributed by atoms with E-state index in [9.17, 15) is 4.79 Å². The van der Waals surface area contributed by atoms with E-state index in [0.29, 0.717) is 5.96 Å². The number of guanidine groups is 1. The second kappa shape index (κ2) is 5.72. The molecule has 2 atom stereocenters. The van der Waals surface area contributed by atoms with Gasteiger partial charge in [0.05, 0.1) is 0 Å². The van der Waals surface area contributed by atoms with Crippen molar-refractivity contribution in [1.29, 1.82) is 0 Å². The topological polar surface area (TPSA) is 53.5 Å². The molecule has 4 heteroatoms. The van der Waals surface area contributed by atoms with Crippen LogP contribution in [-0.2, 0) is 4.79 Å². The van der Waals surface area contributed by atoms with E-state index in [4.69, 9.17) is 0 Å². The summed E-state index contributed by atoms with van der Waals surface area (Å²) in [6.07, 6.45) is 7.68. The lowest BCUT2D eigenvalue weighted by atomic mass is 9.89. The molecule has 1 heterocycles. The Balaban J connectivity index is 2.05. The molecule has 0 aromatic rings. The summed E-state index contributed by atoms with van der Waals surface area (Å²) >= 11 is 0. The van der Waals surface area contributed by atoms with Crippen LogP contribution in [0.1, 0.15) is 58.8 Å². The van der Waals surface area contributed by atoms with Crippen molar-refractivity contribution >= 4 is 11.9 Å². The number of hydrogen-bond acceptors (Lipinski definition) is 2. The van der Waals surface area contributed by atoms with Crippen molar-refractivity contribution in [3.8, 4) is 0 Å². The monoisotopic (exact) mass is 251 g/mol. The zero-order valence-corrected chi connectivity index (χ0v) is 11.6. The minimum absolute atomic E-state index is 0.133. The van der Waals surface area contributed by atoms with Gasteiger partial charge in [-0.3, -0.25) is 15.1 Å². The molecule has 0 aromatic carbocycles. The number of carbonyl (C=O) groups excluding carboxylic acids is 1. The molecule has 102 valence electrons. The Morgan fingerprint density at radius 3 is 2.89 bits per heavy atom. The lowest BCUT2D eigenvalue weighted by Crippen LogP contribution is -2.46. The van der Waals surface area contributed by atoms with Crippen LogP contribution < -0.4 is 10.6 Å². The van der Waals surface area contributed by atoms with E-state index >= 15 is 0 Å². The summed E-state index contributed by atoms with van der Waals surface area (Å²) in [6, 6.07) is 0. The van der Waals surface area contributed by atoms with Gasteiger partial charge in [0.25, 0.3) is 5.91 Å². The molecule has 1 spiro atoms. The van der Waals surface area contributed by atoms with Crippen LogP contribution in [0.25, 0.3) is 0 Å². The lowest BCUT2D eigenvalue weighted by Gasteiger charge is -2.24. The first-order valence-corrected chi connectivity index (χ1v) is 7.34. The van der Waals surface area contributed by atoms with Crippen LogP contribution in [0.5, 0.6) is 0 Å². The molecular weight excluding hydrogens is 226 g/mol. The Bertz CT molecular complexity index is 340. The van der Waals surface area contributed by atoms with Crippen molar-refractivity contribution < 1.29 is 4.79 Å². The first kappa shape index (κ1) is 13.4. The Morgan fingerprint density at radius 2 is 2.17 bits per heavy atom. The highest BCUT2D eigenvalue weighted by Gasteiger charge is 2.45. The van der Waals surface area contributed by atoms with Crippen molar-refractivity contribution in [2.24, 2.45) is 10.9 Å². The third-order valence-corrected chi connectivity index (χ3v) is 4.29. The number of nitrogens with one attached hydrogen (secondary N) is 2. The minimum atomic E-state index is -0.365. The Kier molecular flexibility index (Phi) is 4.25. The molecule has 1 aliphatic carbocycles. The van der Waals surface area contributed by atoms with Gasteiger partial charge in [-0.2, -0.15) is 0 Å². The highest BCUT2D eigenvalue weighted by atomic mass is 16.2. The van der Waals surface area contributed by atoms with Crippen molar-refractivity contribution in [3.63, 3.8) is 0 Å². The van der Waals surface area contributed by atoms with Gasteiger partial charge >= 0.3 is 0 Å². The van der Waals surface area contributed by atoms with Gasteiger partial charge in [0.2, 0.25) is 0 Å². The smallest absolute Gasteiger partial charge is 0.252 e. The van der Waals surface area contributed by atoms with E-state index in [1.54, 1.807) is 0 Å². The van der Waals surface area contributed by atoms with Gasteiger partial charge in [0.15, 0.2) is 5.96 Å². The van der Waals surface area contributed by atoms with Gasteiger partial charge in [-0.15, -0.1) is 0 Å².